The molecule has 0 atom stereocenters. The highest BCUT2D eigenvalue weighted by Gasteiger charge is 2.03. The first kappa shape index (κ1) is 9.38. The molecule has 0 heterocycles. The van der Waals surface area contributed by atoms with E-state index < -0.39 is 0 Å². The van der Waals surface area contributed by atoms with Gasteiger partial charge in [0.2, 0.25) is 0 Å². The molecular formula is C9H10INO. The number of para-hydroxylation sites is 1. The summed E-state index contributed by atoms with van der Waals surface area (Å²) in [6, 6.07) is 7.50. The van der Waals surface area contributed by atoms with Gasteiger partial charge in [-0.2, -0.15) is 0 Å². The van der Waals surface area contributed by atoms with E-state index in [-0.39, 0.29) is 26.8 Å². The van der Waals surface area contributed by atoms with Gasteiger partial charge in [-0.1, -0.05) is 12.1 Å². The molecule has 1 aromatic carbocycles. The van der Waals surface area contributed by atoms with Crippen molar-refractivity contribution < 1.29 is 4.79 Å². The zero-order chi connectivity index (χ0) is 8.97. The summed E-state index contributed by atoms with van der Waals surface area (Å²) < 4.78 is 6.90. The van der Waals surface area contributed by atoms with E-state index in [1.54, 1.807) is 6.92 Å². The molecule has 3 heteroatoms. The first-order chi connectivity index (χ1) is 5.75. The van der Waals surface area contributed by atoms with Gasteiger partial charge in [0.1, 0.15) is 0 Å². The van der Waals surface area contributed by atoms with Gasteiger partial charge in [0.05, 0.1) is 5.69 Å². The molecule has 0 radical (unpaired) electrons. The minimum absolute atomic E-state index is 0.0931. The number of ketones is 1. The summed E-state index contributed by atoms with van der Waals surface area (Å²) in [6.45, 7) is 1.57. The van der Waals surface area contributed by atoms with Crippen LogP contribution in [-0.4, -0.2) is 10.3 Å². The lowest BCUT2D eigenvalue weighted by Gasteiger charge is -2.03. The fraction of sp³-hybridized carbons (Fsp3) is 0.111. The summed E-state index contributed by atoms with van der Waals surface area (Å²) in [4.78, 5) is 11.1. The van der Waals surface area contributed by atoms with Gasteiger partial charge in [0.25, 0.3) is 0 Å². The number of carbonyl (C=O) groups is 1. The Hall–Kier alpha value is -0.710. The molecule has 0 unspecified atom stereocenters. The molecule has 1 N–H and O–H groups in total. The largest absolute Gasteiger partial charge is 0.333 e. The average Bonchev–Trinajstić information content (AvgIpc) is 2.05. The molecular weight excluding hydrogens is 265 g/mol. The van der Waals surface area contributed by atoms with Crippen LogP contribution in [0.3, 0.4) is 0 Å². The predicted molar refractivity (Wildman–Crippen MR) is 61.2 cm³/mol. The number of rotatable bonds is 3. The van der Waals surface area contributed by atoms with Crippen molar-refractivity contribution >= 4 is 37.0 Å². The maximum atomic E-state index is 11.1. The summed E-state index contributed by atoms with van der Waals surface area (Å²) in [6.07, 6.45) is 0. The molecule has 0 aliphatic rings. The SMILES string of the molecule is C=INc1ccccc1C(C)=O. The monoisotopic (exact) mass is 275 g/mol. The van der Waals surface area contributed by atoms with Gasteiger partial charge in [-0.05, 0) is 44.6 Å². The number of nitrogens with one attached hydrogen (secondary N) is 1. The van der Waals surface area contributed by atoms with Crippen LogP contribution in [0.5, 0.6) is 0 Å². The molecule has 0 aliphatic heterocycles. The first-order valence-electron chi connectivity index (χ1n) is 3.49. The van der Waals surface area contributed by atoms with Crippen LogP contribution in [0.15, 0.2) is 24.3 Å². The number of hydrogen-bond acceptors (Lipinski definition) is 2. The lowest BCUT2D eigenvalue weighted by Crippen LogP contribution is -1.96. The Morgan fingerprint density at radius 2 is 2.17 bits per heavy atom. The second-order valence-corrected chi connectivity index (χ2v) is 3.63. The minimum atomic E-state index is -0.266. The van der Waals surface area contributed by atoms with Crippen LogP contribution in [0.4, 0.5) is 5.69 Å². The van der Waals surface area contributed by atoms with Crippen molar-refractivity contribution in [1.82, 2.24) is 0 Å². The lowest BCUT2D eigenvalue weighted by atomic mass is 10.1. The second kappa shape index (κ2) is 4.35. The van der Waals surface area contributed by atoms with E-state index in [0.717, 1.165) is 11.3 Å². The van der Waals surface area contributed by atoms with E-state index in [1.165, 1.54) is 0 Å². The minimum Gasteiger partial charge on any atom is -0.333 e. The topological polar surface area (TPSA) is 29.1 Å². The van der Waals surface area contributed by atoms with Crippen molar-refractivity contribution in [3.63, 3.8) is 0 Å². The highest BCUT2D eigenvalue weighted by Crippen LogP contribution is 2.17. The third kappa shape index (κ3) is 2.14. The van der Waals surface area contributed by atoms with Crippen molar-refractivity contribution in [1.29, 1.82) is 0 Å². The van der Waals surface area contributed by atoms with Gasteiger partial charge < -0.3 is 3.53 Å². The smallest absolute Gasteiger partial charge is 0.161 e. The fourth-order valence-electron chi connectivity index (χ4n) is 0.945. The molecule has 0 fully saturated rings. The van der Waals surface area contributed by atoms with Crippen molar-refractivity contribution in [3.8, 4) is 0 Å². The Labute approximate surface area is 82.1 Å². The molecule has 0 amide bonds. The van der Waals surface area contributed by atoms with Gasteiger partial charge in [-0.15, -0.1) is 0 Å². The molecule has 1 rings (SSSR count). The van der Waals surface area contributed by atoms with Gasteiger partial charge >= 0.3 is 0 Å². The Kier molecular flexibility index (Phi) is 3.40. The molecule has 0 bridgehead atoms. The highest BCUT2D eigenvalue weighted by molar-refractivity contribution is 14.2. The van der Waals surface area contributed by atoms with E-state index in [4.69, 9.17) is 0 Å². The van der Waals surface area contributed by atoms with Crippen molar-refractivity contribution in [2.45, 2.75) is 6.92 Å². The van der Waals surface area contributed by atoms with E-state index in [9.17, 15) is 4.79 Å². The molecule has 0 saturated carbocycles. The lowest BCUT2D eigenvalue weighted by molar-refractivity contribution is 0.101. The molecule has 0 aliphatic carbocycles. The Morgan fingerprint density at radius 1 is 1.50 bits per heavy atom. The molecule has 0 spiro atoms. The second-order valence-electron chi connectivity index (χ2n) is 2.33. The van der Waals surface area contributed by atoms with Gasteiger partial charge in [0, 0.05) is 5.56 Å². The summed E-state index contributed by atoms with van der Waals surface area (Å²) >= 11 is -0.266. The fourth-order valence-corrected chi connectivity index (χ4v) is 1.83. The van der Waals surface area contributed by atoms with Crippen LogP contribution < -0.4 is 3.53 Å². The quantitative estimate of drug-likeness (QED) is 0.522. The average molecular weight is 275 g/mol. The summed E-state index contributed by atoms with van der Waals surface area (Å²) in [7, 11) is 0. The third-order valence-corrected chi connectivity index (χ3v) is 2.44. The van der Waals surface area contributed by atoms with Crippen LogP contribution in [0, 0.1) is 0 Å². The van der Waals surface area contributed by atoms with Crippen molar-refractivity contribution in [3.05, 3.63) is 29.8 Å². The molecule has 64 valence electrons. The maximum Gasteiger partial charge on any atom is 0.161 e. The van der Waals surface area contributed by atoms with Gasteiger partial charge in [0.15, 0.2) is 5.78 Å². The number of anilines is 1. The van der Waals surface area contributed by atoms with Gasteiger partial charge in [-0.3, -0.25) is 4.79 Å². The number of benzene rings is 1. The van der Waals surface area contributed by atoms with E-state index in [2.05, 4.69) is 8.04 Å². The summed E-state index contributed by atoms with van der Waals surface area (Å²) in [5, 5.41) is 0. The van der Waals surface area contributed by atoms with Crippen LogP contribution >= 0.6 is 21.0 Å². The first-order valence-corrected chi connectivity index (χ1v) is 6.09. The van der Waals surface area contributed by atoms with E-state index >= 15 is 0 Å². The van der Waals surface area contributed by atoms with Crippen LogP contribution in [0.2, 0.25) is 0 Å². The van der Waals surface area contributed by atoms with Crippen molar-refractivity contribution in [2.75, 3.05) is 3.53 Å². The van der Waals surface area contributed by atoms with Crippen LogP contribution in [0.25, 0.3) is 0 Å². The highest BCUT2D eigenvalue weighted by atomic mass is 127. The third-order valence-electron chi connectivity index (χ3n) is 1.47. The summed E-state index contributed by atoms with van der Waals surface area (Å²) in [5.74, 6) is 0.0931. The number of carbonyl (C=O) groups excluding carboxylic acids is 1. The van der Waals surface area contributed by atoms with E-state index in [0.29, 0.717) is 0 Å². The van der Waals surface area contributed by atoms with Gasteiger partial charge in [-0.25, -0.2) is 0 Å². The Morgan fingerprint density at radius 3 is 2.75 bits per heavy atom. The Bertz CT molecular complexity index is 309. The standard InChI is InChI=1S/C9H10INO/c1-7(12)8-5-3-4-6-9(8)11-10-2/h3-6,11H,2H2,1H3. The zero-order valence-corrected chi connectivity index (χ0v) is 8.96. The number of Topliss-reactive ketones (excluding diaryl/α,β-unsaturated/α-hetero) is 1. The van der Waals surface area contributed by atoms with Crippen molar-refractivity contribution in [2.24, 2.45) is 0 Å². The summed E-state index contributed by atoms with van der Waals surface area (Å²) in [5.41, 5.74) is 1.66. The van der Waals surface area contributed by atoms with E-state index in [1.807, 2.05) is 24.3 Å². The molecule has 0 aromatic heterocycles. The molecule has 2 nitrogen and oxygen atoms in total. The van der Waals surface area contributed by atoms with Crippen LogP contribution in [0.1, 0.15) is 17.3 Å². The Balaban J connectivity index is 3.07. The zero-order valence-electron chi connectivity index (χ0n) is 6.80. The predicted octanol–water partition coefficient (Wildman–Crippen LogP) is 2.62. The molecule has 1 aromatic rings. The molecule has 12 heavy (non-hydrogen) atoms. The number of halogens is 1. The maximum absolute atomic E-state index is 11.1. The molecule has 0 saturated heterocycles. The van der Waals surface area contributed by atoms with Crippen LogP contribution in [-0.2, 0) is 0 Å². The normalized spacial score (nSPS) is 9.42. The number of hydrogen-bond donors (Lipinski definition) is 1.